The molecule has 0 aliphatic heterocycles. The number of pyridine rings is 1. The van der Waals surface area contributed by atoms with Gasteiger partial charge in [0.25, 0.3) is 0 Å². The fourth-order valence-electron chi connectivity index (χ4n) is 2.40. The van der Waals surface area contributed by atoms with E-state index in [4.69, 9.17) is 9.84 Å². The van der Waals surface area contributed by atoms with Crippen molar-refractivity contribution in [2.24, 2.45) is 5.92 Å². The van der Waals surface area contributed by atoms with Gasteiger partial charge in [-0.2, -0.15) is 0 Å². The molecule has 0 aromatic carbocycles. The number of hydrogen-bond donors (Lipinski definition) is 1. The Morgan fingerprint density at radius 1 is 1.39 bits per heavy atom. The van der Waals surface area contributed by atoms with Gasteiger partial charge in [-0.05, 0) is 31.7 Å². The number of ether oxygens (including phenoxy) is 1. The van der Waals surface area contributed by atoms with Gasteiger partial charge in [-0.15, -0.1) is 0 Å². The Morgan fingerprint density at radius 2 is 2.11 bits per heavy atom. The van der Waals surface area contributed by atoms with Gasteiger partial charge in [0.15, 0.2) is 0 Å². The second-order valence-corrected chi connectivity index (χ2v) is 4.90. The highest BCUT2D eigenvalue weighted by molar-refractivity contribution is 5.88. The standard InChI is InChI=1S/C14H19NO3/c1-10-12(14(16)17)7-8-13(15-10)18-9-11-5-3-2-4-6-11/h7-8,11H,2-6,9H2,1H3,(H,16,17). The Morgan fingerprint density at radius 3 is 2.72 bits per heavy atom. The minimum atomic E-state index is -0.946. The average Bonchev–Trinajstić information content (AvgIpc) is 2.37. The van der Waals surface area contributed by atoms with Crippen molar-refractivity contribution in [3.8, 4) is 5.88 Å². The third-order valence-corrected chi connectivity index (χ3v) is 3.48. The summed E-state index contributed by atoms with van der Waals surface area (Å²) in [6.07, 6.45) is 6.37. The van der Waals surface area contributed by atoms with E-state index in [9.17, 15) is 4.79 Å². The Balaban J connectivity index is 1.93. The van der Waals surface area contributed by atoms with Crippen LogP contribution in [0.3, 0.4) is 0 Å². The maximum atomic E-state index is 10.9. The predicted octanol–water partition coefficient (Wildman–Crippen LogP) is 3.05. The second-order valence-electron chi connectivity index (χ2n) is 4.90. The number of carbonyl (C=O) groups is 1. The van der Waals surface area contributed by atoms with Crippen LogP contribution in [0.25, 0.3) is 0 Å². The van der Waals surface area contributed by atoms with Gasteiger partial charge in [0.05, 0.1) is 17.9 Å². The first-order chi connectivity index (χ1) is 8.66. The van der Waals surface area contributed by atoms with Crippen LogP contribution in [0.15, 0.2) is 12.1 Å². The molecule has 4 nitrogen and oxygen atoms in total. The molecular formula is C14H19NO3. The fraction of sp³-hybridized carbons (Fsp3) is 0.571. The molecular weight excluding hydrogens is 230 g/mol. The van der Waals surface area contributed by atoms with Crippen LogP contribution in [0.2, 0.25) is 0 Å². The first-order valence-electron chi connectivity index (χ1n) is 6.50. The Kier molecular flexibility index (Phi) is 4.18. The van der Waals surface area contributed by atoms with Gasteiger partial charge in [0.1, 0.15) is 0 Å². The van der Waals surface area contributed by atoms with E-state index in [0.717, 1.165) is 0 Å². The van der Waals surface area contributed by atoms with Gasteiger partial charge in [-0.25, -0.2) is 9.78 Å². The van der Waals surface area contributed by atoms with Crippen molar-refractivity contribution in [2.75, 3.05) is 6.61 Å². The minimum absolute atomic E-state index is 0.236. The summed E-state index contributed by atoms with van der Waals surface area (Å²) in [6, 6.07) is 3.19. The second kappa shape index (κ2) is 5.85. The first kappa shape index (κ1) is 12.9. The van der Waals surface area contributed by atoms with E-state index in [-0.39, 0.29) is 5.56 Å². The lowest BCUT2D eigenvalue weighted by atomic mass is 9.90. The molecule has 1 fully saturated rings. The predicted molar refractivity (Wildman–Crippen MR) is 68.0 cm³/mol. The Bertz CT molecular complexity index is 425. The summed E-state index contributed by atoms with van der Waals surface area (Å²) >= 11 is 0. The maximum absolute atomic E-state index is 10.9. The van der Waals surface area contributed by atoms with E-state index in [0.29, 0.717) is 24.1 Å². The molecule has 1 heterocycles. The molecule has 0 unspecified atom stereocenters. The third-order valence-electron chi connectivity index (χ3n) is 3.48. The summed E-state index contributed by atoms with van der Waals surface area (Å²) in [7, 11) is 0. The van der Waals surface area contributed by atoms with Crippen molar-refractivity contribution < 1.29 is 14.6 Å². The molecule has 0 spiro atoms. The van der Waals surface area contributed by atoms with Gasteiger partial charge in [-0.3, -0.25) is 0 Å². The summed E-state index contributed by atoms with van der Waals surface area (Å²) in [5.74, 6) is 0.210. The zero-order valence-corrected chi connectivity index (χ0v) is 10.7. The smallest absolute Gasteiger partial charge is 0.337 e. The lowest BCUT2D eigenvalue weighted by Gasteiger charge is -2.21. The molecule has 0 saturated heterocycles. The summed E-state index contributed by atoms with van der Waals surface area (Å²) < 4.78 is 5.66. The molecule has 1 N–H and O–H groups in total. The van der Waals surface area contributed by atoms with Crippen molar-refractivity contribution in [1.82, 2.24) is 4.98 Å². The van der Waals surface area contributed by atoms with Crippen LogP contribution in [0.1, 0.15) is 48.2 Å². The van der Waals surface area contributed by atoms with Gasteiger partial charge < -0.3 is 9.84 Å². The van der Waals surface area contributed by atoms with Crippen LogP contribution in [-0.2, 0) is 0 Å². The molecule has 0 bridgehead atoms. The zero-order valence-electron chi connectivity index (χ0n) is 10.7. The lowest BCUT2D eigenvalue weighted by Crippen LogP contribution is -2.16. The van der Waals surface area contributed by atoms with Crippen LogP contribution >= 0.6 is 0 Å². The molecule has 1 saturated carbocycles. The molecule has 4 heteroatoms. The van der Waals surface area contributed by atoms with Crippen molar-refractivity contribution in [3.63, 3.8) is 0 Å². The Hall–Kier alpha value is -1.58. The number of aromatic carboxylic acids is 1. The number of nitrogens with zero attached hydrogens (tertiary/aromatic N) is 1. The summed E-state index contributed by atoms with van der Waals surface area (Å²) in [5, 5.41) is 8.91. The highest BCUT2D eigenvalue weighted by atomic mass is 16.5. The van der Waals surface area contributed by atoms with Gasteiger partial charge in [-0.1, -0.05) is 19.3 Å². The minimum Gasteiger partial charge on any atom is -0.478 e. The van der Waals surface area contributed by atoms with Crippen molar-refractivity contribution in [1.29, 1.82) is 0 Å². The largest absolute Gasteiger partial charge is 0.478 e. The van der Waals surface area contributed by atoms with Crippen LogP contribution in [0, 0.1) is 12.8 Å². The monoisotopic (exact) mass is 249 g/mol. The van der Waals surface area contributed by atoms with Gasteiger partial charge >= 0.3 is 5.97 Å². The molecule has 0 radical (unpaired) electrons. The number of hydrogen-bond acceptors (Lipinski definition) is 3. The van der Waals surface area contributed by atoms with Crippen LogP contribution in [0.4, 0.5) is 0 Å². The third kappa shape index (κ3) is 3.22. The van der Waals surface area contributed by atoms with Gasteiger partial charge in [0.2, 0.25) is 5.88 Å². The Labute approximate surface area is 107 Å². The molecule has 1 aromatic rings. The number of aryl methyl sites for hydroxylation is 1. The van der Waals surface area contributed by atoms with Crippen molar-refractivity contribution >= 4 is 5.97 Å². The van der Waals surface area contributed by atoms with E-state index in [2.05, 4.69) is 4.98 Å². The molecule has 98 valence electrons. The normalized spacial score (nSPS) is 16.5. The van der Waals surface area contributed by atoms with E-state index >= 15 is 0 Å². The highest BCUT2D eigenvalue weighted by Crippen LogP contribution is 2.24. The van der Waals surface area contributed by atoms with E-state index < -0.39 is 5.97 Å². The topological polar surface area (TPSA) is 59.4 Å². The van der Waals surface area contributed by atoms with Gasteiger partial charge in [0, 0.05) is 6.07 Å². The molecule has 0 amide bonds. The molecule has 1 aliphatic rings. The number of carboxylic acid groups (broad SMARTS) is 1. The molecule has 1 aliphatic carbocycles. The molecule has 18 heavy (non-hydrogen) atoms. The van der Waals surface area contributed by atoms with Crippen LogP contribution < -0.4 is 4.74 Å². The highest BCUT2D eigenvalue weighted by Gasteiger charge is 2.15. The van der Waals surface area contributed by atoms with Crippen molar-refractivity contribution in [2.45, 2.75) is 39.0 Å². The maximum Gasteiger partial charge on any atom is 0.337 e. The number of aromatic nitrogens is 1. The quantitative estimate of drug-likeness (QED) is 0.891. The molecule has 0 atom stereocenters. The number of carboxylic acids is 1. The van der Waals surface area contributed by atoms with E-state index in [1.165, 1.54) is 32.1 Å². The first-order valence-corrected chi connectivity index (χ1v) is 6.50. The van der Waals surface area contributed by atoms with E-state index in [1.807, 2.05) is 0 Å². The van der Waals surface area contributed by atoms with E-state index in [1.54, 1.807) is 19.1 Å². The summed E-state index contributed by atoms with van der Waals surface area (Å²) in [5.41, 5.74) is 0.740. The number of rotatable bonds is 4. The summed E-state index contributed by atoms with van der Waals surface area (Å²) in [6.45, 7) is 2.38. The SMILES string of the molecule is Cc1nc(OCC2CCCCC2)ccc1C(=O)O. The zero-order chi connectivity index (χ0) is 13.0. The van der Waals surface area contributed by atoms with Crippen LogP contribution in [-0.4, -0.2) is 22.7 Å². The molecule has 2 rings (SSSR count). The summed E-state index contributed by atoms with van der Waals surface area (Å²) in [4.78, 5) is 15.0. The average molecular weight is 249 g/mol. The van der Waals surface area contributed by atoms with Crippen molar-refractivity contribution in [3.05, 3.63) is 23.4 Å². The fourth-order valence-corrected chi connectivity index (χ4v) is 2.40. The lowest BCUT2D eigenvalue weighted by molar-refractivity contribution is 0.0695. The molecule has 1 aromatic heterocycles. The van der Waals surface area contributed by atoms with Crippen LogP contribution in [0.5, 0.6) is 5.88 Å².